The third kappa shape index (κ3) is 6.01. The highest BCUT2D eigenvalue weighted by Crippen LogP contribution is 2.19. The Hall–Kier alpha value is -1.14. The summed E-state index contributed by atoms with van der Waals surface area (Å²) in [6.45, 7) is 8.84. The van der Waals surface area contributed by atoms with Crippen molar-refractivity contribution < 1.29 is 9.53 Å². The van der Waals surface area contributed by atoms with E-state index in [9.17, 15) is 4.79 Å². The van der Waals surface area contributed by atoms with Crippen LogP contribution in [0.5, 0.6) is 0 Å². The van der Waals surface area contributed by atoms with Crippen LogP contribution in [-0.2, 0) is 9.53 Å². The van der Waals surface area contributed by atoms with E-state index in [-0.39, 0.29) is 5.97 Å². The molecular formula is C15H25N3O2S. The van der Waals surface area contributed by atoms with E-state index in [1.165, 1.54) is 0 Å². The van der Waals surface area contributed by atoms with E-state index in [1.54, 1.807) is 11.8 Å². The molecule has 0 aliphatic heterocycles. The van der Waals surface area contributed by atoms with Gasteiger partial charge in [0.2, 0.25) is 0 Å². The summed E-state index contributed by atoms with van der Waals surface area (Å²) in [5.74, 6) is 0.701. The average molecular weight is 311 g/mol. The monoisotopic (exact) mass is 311 g/mol. The van der Waals surface area contributed by atoms with Gasteiger partial charge in [0.1, 0.15) is 5.54 Å². The van der Waals surface area contributed by atoms with E-state index in [4.69, 9.17) is 4.74 Å². The fourth-order valence-corrected chi connectivity index (χ4v) is 2.71. The third-order valence-corrected chi connectivity index (χ3v) is 4.06. The molecule has 0 radical (unpaired) electrons. The maximum absolute atomic E-state index is 12.0. The molecule has 1 aromatic rings. The Morgan fingerprint density at radius 3 is 2.62 bits per heavy atom. The lowest BCUT2D eigenvalue weighted by Crippen LogP contribution is -2.50. The topological polar surface area (TPSA) is 64.1 Å². The van der Waals surface area contributed by atoms with Crippen LogP contribution in [0.1, 0.15) is 39.2 Å². The van der Waals surface area contributed by atoms with Crippen molar-refractivity contribution in [3.05, 3.63) is 18.0 Å². The number of thioether (sulfide) groups is 1. The predicted molar refractivity (Wildman–Crippen MR) is 85.4 cm³/mol. The summed E-state index contributed by atoms with van der Waals surface area (Å²) in [6, 6.07) is 0. The van der Waals surface area contributed by atoms with Gasteiger partial charge in [-0.05, 0) is 45.7 Å². The first kappa shape index (κ1) is 17.9. The van der Waals surface area contributed by atoms with Crippen molar-refractivity contribution in [1.29, 1.82) is 0 Å². The largest absolute Gasteiger partial charge is 0.465 e. The molecule has 1 heterocycles. The number of carbonyl (C=O) groups is 1. The van der Waals surface area contributed by atoms with Gasteiger partial charge in [0, 0.05) is 18.1 Å². The van der Waals surface area contributed by atoms with Crippen molar-refractivity contribution in [2.45, 2.75) is 51.2 Å². The molecule has 0 bridgehead atoms. The van der Waals surface area contributed by atoms with Crippen molar-refractivity contribution in [2.75, 3.05) is 18.9 Å². The zero-order valence-corrected chi connectivity index (χ0v) is 14.1. The second-order valence-corrected chi connectivity index (χ2v) is 6.14. The van der Waals surface area contributed by atoms with Crippen LogP contribution in [0.15, 0.2) is 17.6 Å². The van der Waals surface area contributed by atoms with Gasteiger partial charge in [0.15, 0.2) is 5.16 Å². The highest BCUT2D eigenvalue weighted by molar-refractivity contribution is 7.99. The number of carbonyl (C=O) groups excluding carboxylic acids is 1. The maximum Gasteiger partial charge on any atom is 0.326 e. The van der Waals surface area contributed by atoms with Gasteiger partial charge in [-0.25, -0.2) is 9.97 Å². The van der Waals surface area contributed by atoms with Crippen LogP contribution in [0.3, 0.4) is 0 Å². The van der Waals surface area contributed by atoms with E-state index < -0.39 is 5.54 Å². The van der Waals surface area contributed by atoms with Gasteiger partial charge < -0.3 is 10.1 Å². The Morgan fingerprint density at radius 2 is 2.05 bits per heavy atom. The lowest BCUT2D eigenvalue weighted by molar-refractivity contribution is -0.150. The summed E-state index contributed by atoms with van der Waals surface area (Å²) in [5, 5.41) is 4.01. The van der Waals surface area contributed by atoms with E-state index in [1.807, 2.05) is 40.1 Å². The molecule has 118 valence electrons. The summed E-state index contributed by atoms with van der Waals surface area (Å²) in [7, 11) is 0. The van der Waals surface area contributed by atoms with Crippen molar-refractivity contribution in [1.82, 2.24) is 15.3 Å². The first-order valence-corrected chi connectivity index (χ1v) is 8.34. The van der Waals surface area contributed by atoms with E-state index >= 15 is 0 Å². The molecule has 0 saturated carbocycles. The molecule has 0 fully saturated rings. The van der Waals surface area contributed by atoms with Crippen molar-refractivity contribution >= 4 is 17.7 Å². The molecule has 1 N–H and O–H groups in total. The number of hydrogen-bond acceptors (Lipinski definition) is 6. The molecule has 0 aliphatic carbocycles. The number of aromatic nitrogens is 2. The zero-order chi connectivity index (χ0) is 15.7. The van der Waals surface area contributed by atoms with E-state index in [2.05, 4.69) is 15.3 Å². The molecule has 0 saturated heterocycles. The number of nitrogens with one attached hydrogen (secondary N) is 1. The minimum atomic E-state index is -0.612. The second-order valence-electron chi connectivity index (χ2n) is 5.08. The Morgan fingerprint density at radius 1 is 1.38 bits per heavy atom. The number of likely N-dealkylation sites (N-methyl/N-ethyl adjacent to an activating group) is 1. The molecule has 0 aromatic carbocycles. The average Bonchev–Trinajstić information content (AvgIpc) is 2.46. The van der Waals surface area contributed by atoms with Crippen LogP contribution < -0.4 is 5.32 Å². The highest BCUT2D eigenvalue weighted by Gasteiger charge is 2.33. The van der Waals surface area contributed by atoms with Gasteiger partial charge in [0.05, 0.1) is 6.61 Å². The molecule has 6 heteroatoms. The summed E-state index contributed by atoms with van der Waals surface area (Å²) >= 11 is 1.61. The SMILES string of the molecule is CCNC(C)(CCCSc1ncc(C)cn1)C(=O)OCC. The molecular weight excluding hydrogens is 286 g/mol. The molecule has 0 spiro atoms. The summed E-state index contributed by atoms with van der Waals surface area (Å²) in [4.78, 5) is 20.6. The van der Waals surface area contributed by atoms with Gasteiger partial charge in [-0.3, -0.25) is 4.79 Å². The summed E-state index contributed by atoms with van der Waals surface area (Å²) in [6.07, 6.45) is 5.26. The van der Waals surface area contributed by atoms with Gasteiger partial charge in [-0.15, -0.1) is 0 Å². The first-order chi connectivity index (χ1) is 10.0. The van der Waals surface area contributed by atoms with Gasteiger partial charge in [-0.1, -0.05) is 18.7 Å². The van der Waals surface area contributed by atoms with Crippen LogP contribution in [0.2, 0.25) is 0 Å². The molecule has 0 amide bonds. The maximum atomic E-state index is 12.0. The zero-order valence-electron chi connectivity index (χ0n) is 13.3. The van der Waals surface area contributed by atoms with E-state index in [0.29, 0.717) is 6.61 Å². The number of hydrogen-bond donors (Lipinski definition) is 1. The third-order valence-electron chi connectivity index (χ3n) is 3.10. The first-order valence-electron chi connectivity index (χ1n) is 7.35. The minimum Gasteiger partial charge on any atom is -0.465 e. The normalized spacial score (nSPS) is 13.7. The second kappa shape index (κ2) is 9.00. The van der Waals surface area contributed by atoms with E-state index in [0.717, 1.165) is 35.9 Å². The van der Waals surface area contributed by atoms with Gasteiger partial charge in [-0.2, -0.15) is 0 Å². The predicted octanol–water partition coefficient (Wildman–Crippen LogP) is 2.59. The Kier molecular flexibility index (Phi) is 7.67. The fourth-order valence-electron chi connectivity index (χ4n) is 1.99. The number of nitrogens with zero attached hydrogens (tertiary/aromatic N) is 2. The Bertz CT molecular complexity index is 439. The molecule has 21 heavy (non-hydrogen) atoms. The molecule has 5 nitrogen and oxygen atoms in total. The number of aryl methyl sites for hydroxylation is 1. The van der Waals surface area contributed by atoms with Crippen molar-refractivity contribution in [3.63, 3.8) is 0 Å². The Balaban J connectivity index is 2.43. The van der Waals surface area contributed by atoms with Crippen LogP contribution in [0.25, 0.3) is 0 Å². The van der Waals surface area contributed by atoms with Crippen LogP contribution in [-0.4, -0.2) is 40.4 Å². The summed E-state index contributed by atoms with van der Waals surface area (Å²) < 4.78 is 5.16. The van der Waals surface area contributed by atoms with Gasteiger partial charge in [0.25, 0.3) is 0 Å². The molecule has 1 rings (SSSR count). The van der Waals surface area contributed by atoms with Gasteiger partial charge >= 0.3 is 5.97 Å². The number of rotatable bonds is 9. The van der Waals surface area contributed by atoms with Crippen LogP contribution in [0, 0.1) is 6.92 Å². The smallest absolute Gasteiger partial charge is 0.326 e. The van der Waals surface area contributed by atoms with Crippen molar-refractivity contribution in [2.24, 2.45) is 0 Å². The lowest BCUT2D eigenvalue weighted by atomic mass is 9.96. The molecule has 1 aromatic heterocycles. The number of ether oxygens (including phenoxy) is 1. The van der Waals surface area contributed by atoms with Crippen molar-refractivity contribution in [3.8, 4) is 0 Å². The minimum absolute atomic E-state index is 0.177. The highest BCUT2D eigenvalue weighted by atomic mass is 32.2. The molecule has 1 unspecified atom stereocenters. The summed E-state index contributed by atoms with van der Waals surface area (Å²) in [5.41, 5.74) is 0.445. The standard InChI is InChI=1S/C15H25N3O2S/c1-5-18-15(4,13(19)20-6-2)8-7-9-21-14-16-10-12(3)11-17-14/h10-11,18H,5-9H2,1-4H3. The molecule has 0 aliphatic rings. The molecule has 1 atom stereocenters. The number of esters is 1. The Labute approximate surface area is 131 Å². The van der Waals surface area contributed by atoms with Crippen LogP contribution in [0.4, 0.5) is 0 Å². The fraction of sp³-hybridized carbons (Fsp3) is 0.667. The quantitative estimate of drug-likeness (QED) is 0.327. The lowest BCUT2D eigenvalue weighted by Gasteiger charge is -2.28. The van der Waals surface area contributed by atoms with Crippen LogP contribution >= 0.6 is 11.8 Å².